The van der Waals surface area contributed by atoms with Gasteiger partial charge in [-0.2, -0.15) is 0 Å². The molecule has 4 unspecified atom stereocenters. The van der Waals surface area contributed by atoms with Gasteiger partial charge in [-0.1, -0.05) is 6.92 Å². The van der Waals surface area contributed by atoms with Crippen LogP contribution in [0.25, 0.3) is 0 Å². The Morgan fingerprint density at radius 2 is 1.89 bits per heavy atom. The molecule has 2 bridgehead atoms. The number of likely N-dealkylation sites (N-methyl/N-ethyl adjacent to an activating group) is 1. The fourth-order valence-electron chi connectivity index (χ4n) is 3.71. The van der Waals surface area contributed by atoms with E-state index in [0.29, 0.717) is 12.5 Å². The molecule has 2 saturated carbocycles. The lowest BCUT2D eigenvalue weighted by molar-refractivity contribution is -0.145. The largest absolute Gasteiger partial charge is 0.481 e. The van der Waals surface area contributed by atoms with Crippen molar-refractivity contribution in [2.24, 2.45) is 17.8 Å². The van der Waals surface area contributed by atoms with Crippen molar-refractivity contribution >= 4 is 11.9 Å². The highest BCUT2D eigenvalue weighted by atomic mass is 16.4. The van der Waals surface area contributed by atoms with Gasteiger partial charge < -0.3 is 15.7 Å². The molecule has 0 aliphatic heterocycles. The first kappa shape index (κ1) is 14.3. The number of carboxylic acids is 1. The van der Waals surface area contributed by atoms with Crippen LogP contribution in [-0.4, -0.2) is 35.1 Å². The van der Waals surface area contributed by atoms with Crippen LogP contribution in [0.2, 0.25) is 0 Å². The predicted octanol–water partition coefficient (Wildman–Crippen LogP) is 0.990. The molecule has 0 spiro atoms. The molecule has 4 atom stereocenters. The second-order valence-electron chi connectivity index (χ2n) is 6.35. The molecule has 5 nitrogen and oxygen atoms in total. The number of amides is 1. The highest BCUT2D eigenvalue weighted by molar-refractivity contribution is 5.86. The number of fused-ring (bicyclic) bond motifs is 2. The Hall–Kier alpha value is -1.10. The van der Waals surface area contributed by atoms with E-state index in [2.05, 4.69) is 10.6 Å². The molecule has 1 amide bonds. The first-order valence-corrected chi connectivity index (χ1v) is 7.15. The van der Waals surface area contributed by atoms with Gasteiger partial charge in [0.1, 0.15) is 0 Å². The third-order valence-electron chi connectivity index (χ3n) is 4.69. The van der Waals surface area contributed by atoms with Gasteiger partial charge in [-0.05, 0) is 51.5 Å². The first-order valence-electron chi connectivity index (χ1n) is 7.15. The van der Waals surface area contributed by atoms with Gasteiger partial charge in [-0.3, -0.25) is 9.59 Å². The van der Waals surface area contributed by atoms with Crippen LogP contribution in [0.4, 0.5) is 0 Å². The second kappa shape index (κ2) is 5.12. The van der Waals surface area contributed by atoms with Crippen molar-refractivity contribution in [1.82, 2.24) is 10.6 Å². The standard InChI is InChI=1S/C14H24N2O3/c1-4-15-14(2,3)13(19)16-11-9-6-5-8(7-9)10(11)12(17)18/h8-11,15H,4-7H2,1-3H3,(H,16,19)(H,17,18). The first-order chi connectivity index (χ1) is 8.86. The molecule has 0 radical (unpaired) electrons. The van der Waals surface area contributed by atoms with Crippen molar-refractivity contribution in [3.63, 3.8) is 0 Å². The lowest BCUT2D eigenvalue weighted by Gasteiger charge is -2.33. The maximum absolute atomic E-state index is 12.3. The molecular formula is C14H24N2O3. The van der Waals surface area contributed by atoms with Crippen molar-refractivity contribution in [2.75, 3.05) is 6.54 Å². The zero-order valence-electron chi connectivity index (χ0n) is 11.9. The van der Waals surface area contributed by atoms with E-state index < -0.39 is 17.4 Å². The molecule has 2 fully saturated rings. The number of carbonyl (C=O) groups excluding carboxylic acids is 1. The highest BCUT2D eigenvalue weighted by Gasteiger charge is 2.52. The van der Waals surface area contributed by atoms with E-state index >= 15 is 0 Å². The molecule has 5 heteroatoms. The average molecular weight is 268 g/mol. The maximum Gasteiger partial charge on any atom is 0.308 e. The van der Waals surface area contributed by atoms with E-state index in [4.69, 9.17) is 0 Å². The summed E-state index contributed by atoms with van der Waals surface area (Å²) < 4.78 is 0. The van der Waals surface area contributed by atoms with Crippen LogP contribution in [0.15, 0.2) is 0 Å². The second-order valence-corrected chi connectivity index (χ2v) is 6.35. The minimum absolute atomic E-state index is 0.0989. The van der Waals surface area contributed by atoms with Crippen LogP contribution in [0, 0.1) is 17.8 Å². The Balaban J connectivity index is 2.05. The van der Waals surface area contributed by atoms with E-state index in [1.165, 1.54) is 0 Å². The van der Waals surface area contributed by atoms with Gasteiger partial charge >= 0.3 is 5.97 Å². The normalized spacial score (nSPS) is 33.4. The summed E-state index contributed by atoms with van der Waals surface area (Å²) in [5, 5.41) is 15.5. The van der Waals surface area contributed by atoms with Crippen molar-refractivity contribution in [1.29, 1.82) is 0 Å². The summed E-state index contributed by atoms with van der Waals surface area (Å²) >= 11 is 0. The molecule has 2 rings (SSSR count). The average Bonchev–Trinajstić information content (AvgIpc) is 2.88. The van der Waals surface area contributed by atoms with E-state index in [0.717, 1.165) is 19.3 Å². The van der Waals surface area contributed by atoms with E-state index in [9.17, 15) is 14.7 Å². The Morgan fingerprint density at radius 3 is 2.47 bits per heavy atom. The number of rotatable bonds is 5. The van der Waals surface area contributed by atoms with Crippen LogP contribution in [0.3, 0.4) is 0 Å². The summed E-state index contributed by atoms with van der Waals surface area (Å²) in [4.78, 5) is 23.7. The monoisotopic (exact) mass is 268 g/mol. The van der Waals surface area contributed by atoms with E-state index in [1.807, 2.05) is 20.8 Å². The number of aliphatic carboxylic acids is 1. The summed E-state index contributed by atoms with van der Waals surface area (Å²) in [6.45, 7) is 6.32. The molecular weight excluding hydrogens is 244 g/mol. The third kappa shape index (κ3) is 2.61. The fourth-order valence-corrected chi connectivity index (χ4v) is 3.71. The van der Waals surface area contributed by atoms with E-state index in [-0.39, 0.29) is 17.9 Å². The minimum atomic E-state index is -0.765. The van der Waals surface area contributed by atoms with Gasteiger partial charge in [0, 0.05) is 6.04 Å². The van der Waals surface area contributed by atoms with Crippen LogP contribution < -0.4 is 10.6 Å². The van der Waals surface area contributed by atoms with Crippen molar-refractivity contribution in [3.05, 3.63) is 0 Å². The summed E-state index contributed by atoms with van der Waals surface area (Å²) in [6.07, 6.45) is 2.98. The molecule has 108 valence electrons. The number of carboxylic acid groups (broad SMARTS) is 1. The van der Waals surface area contributed by atoms with Crippen molar-refractivity contribution in [2.45, 2.75) is 51.6 Å². The quantitative estimate of drug-likeness (QED) is 0.695. The third-order valence-corrected chi connectivity index (χ3v) is 4.69. The van der Waals surface area contributed by atoms with Gasteiger partial charge in [-0.15, -0.1) is 0 Å². The van der Waals surface area contributed by atoms with Crippen LogP contribution >= 0.6 is 0 Å². The molecule has 0 aromatic heterocycles. The topological polar surface area (TPSA) is 78.4 Å². The number of nitrogens with one attached hydrogen (secondary N) is 2. The zero-order chi connectivity index (χ0) is 14.2. The van der Waals surface area contributed by atoms with Crippen LogP contribution in [0.5, 0.6) is 0 Å². The Bertz CT molecular complexity index is 381. The maximum atomic E-state index is 12.3. The van der Waals surface area contributed by atoms with Crippen molar-refractivity contribution < 1.29 is 14.7 Å². The molecule has 0 aromatic carbocycles. The molecule has 2 aliphatic rings. The van der Waals surface area contributed by atoms with Gasteiger partial charge in [-0.25, -0.2) is 0 Å². The minimum Gasteiger partial charge on any atom is -0.481 e. The summed E-state index contributed by atoms with van der Waals surface area (Å²) in [7, 11) is 0. The smallest absolute Gasteiger partial charge is 0.308 e. The predicted molar refractivity (Wildman–Crippen MR) is 71.6 cm³/mol. The molecule has 3 N–H and O–H groups in total. The molecule has 0 aromatic rings. The zero-order valence-corrected chi connectivity index (χ0v) is 11.9. The number of hydrogen-bond donors (Lipinski definition) is 3. The lowest BCUT2D eigenvalue weighted by Crippen LogP contribution is -2.57. The van der Waals surface area contributed by atoms with E-state index in [1.54, 1.807) is 0 Å². The number of hydrogen-bond acceptors (Lipinski definition) is 3. The lowest BCUT2D eigenvalue weighted by atomic mass is 9.84. The van der Waals surface area contributed by atoms with Crippen LogP contribution in [-0.2, 0) is 9.59 Å². The summed E-state index contributed by atoms with van der Waals surface area (Å²) in [5.74, 6) is -0.681. The van der Waals surface area contributed by atoms with Gasteiger partial charge in [0.2, 0.25) is 5.91 Å². The Morgan fingerprint density at radius 1 is 1.26 bits per heavy atom. The van der Waals surface area contributed by atoms with Gasteiger partial charge in [0.15, 0.2) is 0 Å². The Labute approximate surface area is 114 Å². The molecule has 2 aliphatic carbocycles. The molecule has 0 saturated heterocycles. The highest BCUT2D eigenvalue weighted by Crippen LogP contribution is 2.48. The Kier molecular flexibility index (Phi) is 3.85. The van der Waals surface area contributed by atoms with Crippen molar-refractivity contribution in [3.8, 4) is 0 Å². The van der Waals surface area contributed by atoms with Gasteiger partial charge in [0.25, 0.3) is 0 Å². The summed E-state index contributed by atoms with van der Waals surface area (Å²) in [6, 6.07) is -0.193. The number of carbonyl (C=O) groups is 2. The molecule has 19 heavy (non-hydrogen) atoms. The summed E-state index contributed by atoms with van der Waals surface area (Å²) in [5.41, 5.74) is -0.653. The molecule has 0 heterocycles. The fraction of sp³-hybridized carbons (Fsp3) is 0.857. The van der Waals surface area contributed by atoms with Gasteiger partial charge in [0.05, 0.1) is 11.5 Å². The SMILES string of the molecule is CCNC(C)(C)C(=O)NC1C2CCC(C2)C1C(=O)O. The van der Waals surface area contributed by atoms with Crippen LogP contribution in [0.1, 0.15) is 40.0 Å².